The highest BCUT2D eigenvalue weighted by Crippen LogP contribution is 2.15. The van der Waals surface area contributed by atoms with E-state index in [9.17, 15) is 4.79 Å². The minimum atomic E-state index is -0.467. The number of amides is 1. The second kappa shape index (κ2) is 6.19. The first-order valence-corrected chi connectivity index (χ1v) is 6.47. The first kappa shape index (κ1) is 15.0. The van der Waals surface area contributed by atoms with Gasteiger partial charge >= 0.3 is 6.09 Å². The molecule has 1 atom stereocenters. The molecule has 0 bridgehead atoms. The highest BCUT2D eigenvalue weighted by atomic mass is 32.1. The van der Waals surface area contributed by atoms with Gasteiger partial charge in [0.2, 0.25) is 0 Å². The van der Waals surface area contributed by atoms with Crippen LogP contribution in [0.1, 0.15) is 33.6 Å². The number of carbonyl (C=O) groups excluding carboxylic acids is 1. The molecule has 7 heteroatoms. The Balaban J connectivity index is 2.48. The van der Waals surface area contributed by atoms with Crippen molar-refractivity contribution in [3.05, 3.63) is 0 Å². The predicted molar refractivity (Wildman–Crippen MR) is 73.9 cm³/mol. The van der Waals surface area contributed by atoms with Gasteiger partial charge in [-0.15, -0.1) is 0 Å². The van der Waals surface area contributed by atoms with E-state index >= 15 is 0 Å². The van der Waals surface area contributed by atoms with Gasteiger partial charge in [0, 0.05) is 19.1 Å². The van der Waals surface area contributed by atoms with Crippen LogP contribution in [-0.2, 0) is 4.74 Å². The van der Waals surface area contributed by atoms with E-state index in [4.69, 9.17) is 22.8 Å². The molecule has 1 aliphatic heterocycles. The van der Waals surface area contributed by atoms with Gasteiger partial charge in [0.15, 0.2) is 5.11 Å². The van der Waals surface area contributed by atoms with E-state index in [2.05, 4.69) is 10.7 Å². The largest absolute Gasteiger partial charge is 0.444 e. The van der Waals surface area contributed by atoms with Crippen LogP contribution in [-0.4, -0.2) is 40.8 Å². The summed E-state index contributed by atoms with van der Waals surface area (Å²) in [6.45, 7) is 6.88. The SMILES string of the molecule is CC(C)(C)OC(=O)N1CCCC(NC(=S)NN)C1. The maximum absolute atomic E-state index is 11.9. The topological polar surface area (TPSA) is 79.6 Å². The Morgan fingerprint density at radius 3 is 2.72 bits per heavy atom. The second-order valence-electron chi connectivity index (χ2n) is 5.38. The lowest BCUT2D eigenvalue weighted by atomic mass is 10.1. The maximum atomic E-state index is 11.9. The zero-order chi connectivity index (χ0) is 13.8. The van der Waals surface area contributed by atoms with Gasteiger partial charge in [0.25, 0.3) is 0 Å². The van der Waals surface area contributed by atoms with Crippen molar-refractivity contribution in [1.29, 1.82) is 0 Å². The van der Waals surface area contributed by atoms with Crippen LogP contribution in [0.5, 0.6) is 0 Å². The number of nitrogens with one attached hydrogen (secondary N) is 2. The van der Waals surface area contributed by atoms with Crippen LogP contribution in [0.15, 0.2) is 0 Å². The Labute approximate surface area is 113 Å². The Morgan fingerprint density at radius 1 is 1.50 bits per heavy atom. The van der Waals surface area contributed by atoms with E-state index in [0.29, 0.717) is 11.7 Å². The van der Waals surface area contributed by atoms with Gasteiger partial charge in [-0.25, -0.2) is 10.6 Å². The zero-order valence-corrected chi connectivity index (χ0v) is 12.0. The smallest absolute Gasteiger partial charge is 0.410 e. The number of ether oxygens (including phenoxy) is 1. The fourth-order valence-electron chi connectivity index (χ4n) is 1.81. The Kier molecular flexibility index (Phi) is 5.15. The lowest BCUT2D eigenvalue weighted by molar-refractivity contribution is 0.0194. The average Bonchev–Trinajstić information content (AvgIpc) is 2.27. The van der Waals surface area contributed by atoms with Gasteiger partial charge < -0.3 is 20.4 Å². The van der Waals surface area contributed by atoms with Crippen molar-refractivity contribution in [3.8, 4) is 0 Å². The third-order valence-electron chi connectivity index (χ3n) is 2.54. The standard InChI is InChI=1S/C11H22N4O2S/c1-11(2,3)17-10(16)15-6-4-5-8(7-15)13-9(18)14-12/h8H,4-7,12H2,1-3H3,(H2,13,14,18). The highest BCUT2D eigenvalue weighted by Gasteiger charge is 2.27. The van der Waals surface area contributed by atoms with Crippen molar-refractivity contribution < 1.29 is 9.53 Å². The van der Waals surface area contributed by atoms with E-state index in [1.54, 1.807) is 4.90 Å². The fraction of sp³-hybridized carbons (Fsp3) is 0.818. The molecule has 104 valence electrons. The normalized spacial score (nSPS) is 20.2. The lowest BCUT2D eigenvalue weighted by Crippen LogP contribution is -2.53. The number of piperidine rings is 1. The van der Waals surface area contributed by atoms with Gasteiger partial charge in [-0.05, 0) is 45.8 Å². The van der Waals surface area contributed by atoms with Crippen molar-refractivity contribution in [2.45, 2.75) is 45.3 Å². The summed E-state index contributed by atoms with van der Waals surface area (Å²) >= 11 is 4.95. The summed E-state index contributed by atoms with van der Waals surface area (Å²) in [7, 11) is 0. The molecule has 0 aliphatic carbocycles. The fourth-order valence-corrected chi connectivity index (χ4v) is 1.98. The molecule has 6 nitrogen and oxygen atoms in total. The predicted octanol–water partition coefficient (Wildman–Crippen LogP) is 0.724. The van der Waals surface area contributed by atoms with Crippen molar-refractivity contribution >= 4 is 23.4 Å². The maximum Gasteiger partial charge on any atom is 0.410 e. The molecule has 0 aromatic carbocycles. The summed E-state index contributed by atoms with van der Waals surface area (Å²) in [5, 5.41) is 3.46. The molecule has 1 heterocycles. The quantitative estimate of drug-likeness (QED) is 0.371. The molecule has 0 spiro atoms. The summed E-state index contributed by atoms with van der Waals surface area (Å²) in [4.78, 5) is 13.6. The first-order chi connectivity index (χ1) is 8.31. The molecule has 1 fully saturated rings. The minimum absolute atomic E-state index is 0.120. The summed E-state index contributed by atoms with van der Waals surface area (Å²) in [5.41, 5.74) is 1.91. The van der Waals surface area contributed by atoms with Gasteiger partial charge in [0.05, 0.1) is 0 Å². The van der Waals surface area contributed by atoms with E-state index < -0.39 is 5.60 Å². The molecule has 0 aromatic rings. The number of thiocarbonyl (C=S) groups is 1. The molecule has 1 unspecified atom stereocenters. The van der Waals surface area contributed by atoms with Crippen molar-refractivity contribution in [1.82, 2.24) is 15.6 Å². The van der Waals surface area contributed by atoms with Crippen LogP contribution in [0.4, 0.5) is 4.79 Å². The summed E-state index contributed by atoms with van der Waals surface area (Å²) in [6.07, 6.45) is 1.60. The number of hydrogen-bond donors (Lipinski definition) is 3. The average molecular weight is 274 g/mol. The highest BCUT2D eigenvalue weighted by molar-refractivity contribution is 7.80. The molecule has 4 N–H and O–H groups in total. The van der Waals surface area contributed by atoms with Crippen LogP contribution in [0.2, 0.25) is 0 Å². The van der Waals surface area contributed by atoms with E-state index in [0.717, 1.165) is 19.4 Å². The molecule has 0 saturated carbocycles. The van der Waals surface area contributed by atoms with E-state index in [-0.39, 0.29) is 12.1 Å². The number of rotatable bonds is 1. The van der Waals surface area contributed by atoms with Crippen molar-refractivity contribution in [2.75, 3.05) is 13.1 Å². The van der Waals surface area contributed by atoms with Gasteiger partial charge in [-0.2, -0.15) is 0 Å². The lowest BCUT2D eigenvalue weighted by Gasteiger charge is -2.34. The molecule has 1 amide bonds. The number of nitrogens with zero attached hydrogens (tertiary/aromatic N) is 1. The summed E-state index contributed by atoms with van der Waals surface area (Å²) in [6, 6.07) is 0.120. The van der Waals surface area contributed by atoms with Crippen LogP contribution in [0, 0.1) is 0 Å². The van der Waals surface area contributed by atoms with Crippen LogP contribution in [0.3, 0.4) is 0 Å². The molecule has 1 aliphatic rings. The van der Waals surface area contributed by atoms with E-state index in [1.807, 2.05) is 20.8 Å². The summed E-state index contributed by atoms with van der Waals surface area (Å²) in [5.74, 6) is 5.21. The molecule has 0 aromatic heterocycles. The van der Waals surface area contributed by atoms with Crippen molar-refractivity contribution in [3.63, 3.8) is 0 Å². The Hall–Kier alpha value is -1.08. The number of hydrogen-bond acceptors (Lipinski definition) is 4. The molecule has 1 rings (SSSR count). The van der Waals surface area contributed by atoms with Crippen LogP contribution >= 0.6 is 12.2 Å². The van der Waals surface area contributed by atoms with E-state index in [1.165, 1.54) is 0 Å². The van der Waals surface area contributed by atoms with Gasteiger partial charge in [-0.3, -0.25) is 0 Å². The van der Waals surface area contributed by atoms with Crippen molar-refractivity contribution in [2.24, 2.45) is 5.84 Å². The monoisotopic (exact) mass is 274 g/mol. The number of nitrogens with two attached hydrogens (primary N) is 1. The van der Waals surface area contributed by atoms with Crippen LogP contribution < -0.4 is 16.6 Å². The number of carbonyl (C=O) groups is 1. The molecule has 0 radical (unpaired) electrons. The summed E-state index contributed by atoms with van der Waals surface area (Å²) < 4.78 is 5.34. The Bertz CT molecular complexity index is 317. The number of likely N-dealkylation sites (tertiary alicyclic amines) is 1. The third kappa shape index (κ3) is 5.05. The minimum Gasteiger partial charge on any atom is -0.444 e. The number of hydrazine groups is 1. The zero-order valence-electron chi connectivity index (χ0n) is 11.2. The molecule has 18 heavy (non-hydrogen) atoms. The first-order valence-electron chi connectivity index (χ1n) is 6.07. The van der Waals surface area contributed by atoms with Gasteiger partial charge in [-0.1, -0.05) is 0 Å². The van der Waals surface area contributed by atoms with Gasteiger partial charge in [0.1, 0.15) is 5.60 Å². The molecule has 1 saturated heterocycles. The Morgan fingerprint density at radius 2 is 2.17 bits per heavy atom. The second-order valence-corrected chi connectivity index (χ2v) is 5.79. The third-order valence-corrected chi connectivity index (χ3v) is 2.78. The van der Waals surface area contributed by atoms with Crippen LogP contribution in [0.25, 0.3) is 0 Å². The molecular weight excluding hydrogens is 252 g/mol. The molecular formula is C11H22N4O2S.